The van der Waals surface area contributed by atoms with E-state index in [0.29, 0.717) is 25.2 Å². The van der Waals surface area contributed by atoms with Gasteiger partial charge in [-0.1, -0.05) is 6.08 Å². The summed E-state index contributed by atoms with van der Waals surface area (Å²) in [6, 6.07) is 3.47. The van der Waals surface area contributed by atoms with Crippen LogP contribution in [-0.2, 0) is 4.79 Å². The molecule has 0 saturated carbocycles. The Morgan fingerprint density at radius 1 is 1.23 bits per heavy atom. The minimum atomic E-state index is -0.252. The summed E-state index contributed by atoms with van der Waals surface area (Å²) in [6.45, 7) is 6.44. The molecule has 1 aromatic rings. The van der Waals surface area contributed by atoms with E-state index in [9.17, 15) is 9.59 Å². The highest BCUT2D eigenvalue weighted by atomic mass is 16.2. The molecule has 0 atom stereocenters. The van der Waals surface area contributed by atoms with Crippen LogP contribution in [0.1, 0.15) is 29.6 Å². The molecular formula is C17H21N3O2. The van der Waals surface area contributed by atoms with E-state index in [0.717, 1.165) is 25.8 Å². The van der Waals surface area contributed by atoms with E-state index in [1.54, 1.807) is 30.6 Å². The molecule has 0 radical (unpaired) electrons. The zero-order valence-electron chi connectivity index (χ0n) is 12.7. The number of hydrogen-bond donors (Lipinski definition) is 0. The summed E-state index contributed by atoms with van der Waals surface area (Å²) >= 11 is 0. The first-order valence-electron chi connectivity index (χ1n) is 7.76. The molecule has 116 valence electrons. The molecule has 1 aromatic heterocycles. The molecule has 0 bridgehead atoms. The van der Waals surface area contributed by atoms with Crippen molar-refractivity contribution in [1.82, 2.24) is 14.8 Å². The number of aromatic nitrogens is 1. The number of piperidine rings is 1. The molecule has 2 fully saturated rings. The van der Waals surface area contributed by atoms with Gasteiger partial charge in [-0.25, -0.2) is 0 Å². The Morgan fingerprint density at radius 3 is 2.50 bits per heavy atom. The smallest absolute Gasteiger partial charge is 0.253 e. The second-order valence-electron chi connectivity index (χ2n) is 6.10. The maximum absolute atomic E-state index is 12.6. The minimum Gasteiger partial charge on any atom is -0.339 e. The van der Waals surface area contributed by atoms with E-state index < -0.39 is 0 Å². The van der Waals surface area contributed by atoms with E-state index in [1.807, 2.05) is 9.80 Å². The second kappa shape index (κ2) is 5.91. The molecule has 0 aromatic carbocycles. The van der Waals surface area contributed by atoms with Gasteiger partial charge >= 0.3 is 0 Å². The molecule has 3 heterocycles. The highest BCUT2D eigenvalue weighted by molar-refractivity contribution is 5.94. The van der Waals surface area contributed by atoms with Crippen LogP contribution in [0, 0.1) is 5.41 Å². The Hall–Kier alpha value is -2.17. The third-order valence-electron chi connectivity index (χ3n) is 4.89. The lowest BCUT2D eigenvalue weighted by molar-refractivity contribution is -0.137. The van der Waals surface area contributed by atoms with Crippen molar-refractivity contribution < 1.29 is 9.59 Å². The van der Waals surface area contributed by atoms with E-state index in [2.05, 4.69) is 11.6 Å². The maximum atomic E-state index is 12.6. The summed E-state index contributed by atoms with van der Waals surface area (Å²) in [7, 11) is 0. The first kappa shape index (κ1) is 14.8. The normalized spacial score (nSPS) is 20.5. The first-order valence-corrected chi connectivity index (χ1v) is 7.76. The number of nitrogens with zero attached hydrogens (tertiary/aromatic N) is 3. The van der Waals surface area contributed by atoms with Crippen molar-refractivity contribution in [2.75, 3.05) is 26.2 Å². The molecule has 0 unspecified atom stereocenters. The van der Waals surface area contributed by atoms with Crippen LogP contribution >= 0.6 is 0 Å². The van der Waals surface area contributed by atoms with Crippen molar-refractivity contribution in [3.05, 3.63) is 42.7 Å². The zero-order chi connectivity index (χ0) is 15.6. The van der Waals surface area contributed by atoms with Crippen LogP contribution in [0.5, 0.6) is 0 Å². The van der Waals surface area contributed by atoms with Gasteiger partial charge in [-0.05, 0) is 31.4 Å². The average Bonchev–Trinajstić information content (AvgIpc) is 2.86. The number of pyridine rings is 1. The van der Waals surface area contributed by atoms with Crippen molar-refractivity contribution >= 4 is 11.8 Å². The fourth-order valence-electron chi connectivity index (χ4n) is 3.50. The Morgan fingerprint density at radius 2 is 1.86 bits per heavy atom. The zero-order valence-corrected chi connectivity index (χ0v) is 12.7. The molecule has 5 heteroatoms. The van der Waals surface area contributed by atoms with Crippen molar-refractivity contribution in [1.29, 1.82) is 0 Å². The summed E-state index contributed by atoms with van der Waals surface area (Å²) in [5.74, 6) is 0.272. The molecule has 1 spiro atoms. The summed E-state index contributed by atoms with van der Waals surface area (Å²) in [4.78, 5) is 32.7. The topological polar surface area (TPSA) is 53.5 Å². The predicted octanol–water partition coefficient (Wildman–Crippen LogP) is 1.72. The van der Waals surface area contributed by atoms with Gasteiger partial charge in [0.05, 0.1) is 5.41 Å². The Balaban J connectivity index is 1.65. The summed E-state index contributed by atoms with van der Waals surface area (Å²) in [6.07, 6.45) is 7.46. The predicted molar refractivity (Wildman–Crippen MR) is 83.2 cm³/mol. The van der Waals surface area contributed by atoms with Gasteiger partial charge in [0.25, 0.3) is 5.91 Å². The van der Waals surface area contributed by atoms with Gasteiger partial charge in [0, 0.05) is 44.1 Å². The summed E-state index contributed by atoms with van der Waals surface area (Å²) in [5, 5.41) is 0. The second-order valence-corrected chi connectivity index (χ2v) is 6.10. The SMILES string of the molecule is C=CCN1CCC2(CCN(C(=O)c3ccncc3)CC2)C1=O. The molecule has 3 rings (SSSR count). The van der Waals surface area contributed by atoms with Crippen molar-refractivity contribution in [2.24, 2.45) is 5.41 Å². The van der Waals surface area contributed by atoms with Gasteiger partial charge in [0.2, 0.25) is 5.91 Å². The number of carbonyl (C=O) groups excluding carboxylic acids is 2. The van der Waals surface area contributed by atoms with E-state index in [1.165, 1.54) is 0 Å². The van der Waals surface area contributed by atoms with Crippen molar-refractivity contribution in [2.45, 2.75) is 19.3 Å². The van der Waals surface area contributed by atoms with Gasteiger partial charge in [-0.2, -0.15) is 0 Å². The Labute approximate surface area is 130 Å². The number of rotatable bonds is 3. The molecule has 2 aliphatic rings. The van der Waals surface area contributed by atoms with Crippen LogP contribution in [0.25, 0.3) is 0 Å². The van der Waals surface area contributed by atoms with Gasteiger partial charge in [0.1, 0.15) is 0 Å². The standard InChI is InChI=1S/C17H21N3O2/c1-2-10-20-13-7-17(16(20)22)5-11-19(12-6-17)15(21)14-3-8-18-9-4-14/h2-4,8-9H,1,5-7,10-13H2. The lowest BCUT2D eigenvalue weighted by Crippen LogP contribution is -2.46. The maximum Gasteiger partial charge on any atom is 0.253 e. The molecule has 0 aliphatic carbocycles. The third kappa shape index (κ3) is 2.51. The van der Waals surface area contributed by atoms with Gasteiger partial charge in [-0.15, -0.1) is 6.58 Å². The summed E-state index contributed by atoms with van der Waals surface area (Å²) < 4.78 is 0. The number of hydrogen-bond acceptors (Lipinski definition) is 3. The average molecular weight is 299 g/mol. The highest BCUT2D eigenvalue weighted by Crippen LogP contribution is 2.41. The minimum absolute atomic E-state index is 0.0330. The summed E-state index contributed by atoms with van der Waals surface area (Å²) in [5.41, 5.74) is 0.412. The van der Waals surface area contributed by atoms with Crippen molar-refractivity contribution in [3.63, 3.8) is 0 Å². The molecular weight excluding hydrogens is 278 g/mol. The quantitative estimate of drug-likeness (QED) is 0.799. The van der Waals surface area contributed by atoms with Crippen LogP contribution < -0.4 is 0 Å². The molecule has 22 heavy (non-hydrogen) atoms. The largest absolute Gasteiger partial charge is 0.339 e. The molecule has 2 saturated heterocycles. The van der Waals surface area contributed by atoms with Gasteiger partial charge < -0.3 is 9.80 Å². The Bertz CT molecular complexity index is 577. The lowest BCUT2D eigenvalue weighted by atomic mass is 9.77. The van der Waals surface area contributed by atoms with E-state index in [-0.39, 0.29) is 17.2 Å². The highest BCUT2D eigenvalue weighted by Gasteiger charge is 2.48. The van der Waals surface area contributed by atoms with Crippen LogP contribution in [0.4, 0.5) is 0 Å². The molecule has 0 N–H and O–H groups in total. The molecule has 5 nitrogen and oxygen atoms in total. The van der Waals surface area contributed by atoms with Gasteiger partial charge in [-0.3, -0.25) is 14.6 Å². The molecule has 2 amide bonds. The number of amides is 2. The van der Waals surface area contributed by atoms with Gasteiger partial charge in [0.15, 0.2) is 0 Å². The van der Waals surface area contributed by atoms with E-state index >= 15 is 0 Å². The molecule has 2 aliphatic heterocycles. The van der Waals surface area contributed by atoms with Crippen LogP contribution in [0.3, 0.4) is 0 Å². The fourth-order valence-corrected chi connectivity index (χ4v) is 3.50. The number of likely N-dealkylation sites (tertiary alicyclic amines) is 2. The van der Waals surface area contributed by atoms with Crippen LogP contribution in [0.2, 0.25) is 0 Å². The monoisotopic (exact) mass is 299 g/mol. The van der Waals surface area contributed by atoms with Crippen LogP contribution in [-0.4, -0.2) is 52.8 Å². The van der Waals surface area contributed by atoms with Crippen LogP contribution in [0.15, 0.2) is 37.2 Å². The third-order valence-corrected chi connectivity index (χ3v) is 4.89. The first-order chi connectivity index (χ1) is 10.7. The van der Waals surface area contributed by atoms with E-state index in [4.69, 9.17) is 0 Å². The fraction of sp³-hybridized carbons (Fsp3) is 0.471. The van der Waals surface area contributed by atoms with Crippen molar-refractivity contribution in [3.8, 4) is 0 Å². The number of carbonyl (C=O) groups is 2. The lowest BCUT2D eigenvalue weighted by Gasteiger charge is -2.38. The Kier molecular flexibility index (Phi) is 3.96.